The predicted octanol–water partition coefficient (Wildman–Crippen LogP) is 2.83. The van der Waals surface area contributed by atoms with Crippen LogP contribution in [0, 0.1) is 0 Å². The number of hydrogen-bond donors (Lipinski definition) is 1. The Bertz CT molecular complexity index is 947. The summed E-state index contributed by atoms with van der Waals surface area (Å²) in [5, 5.41) is 14.1. The highest BCUT2D eigenvalue weighted by Crippen LogP contribution is 2.29. The molecule has 1 aliphatic rings. The van der Waals surface area contributed by atoms with Crippen LogP contribution in [0.1, 0.15) is 12.5 Å². The molecule has 1 N–H and O–H groups in total. The van der Waals surface area contributed by atoms with Gasteiger partial charge in [-0.3, -0.25) is 9.88 Å². The summed E-state index contributed by atoms with van der Waals surface area (Å²) >= 11 is 0. The second-order valence-corrected chi connectivity index (χ2v) is 6.77. The first kappa shape index (κ1) is 19.1. The average Bonchev–Trinajstić information content (AvgIpc) is 3.32. The lowest BCUT2D eigenvalue weighted by molar-refractivity contribution is -0.274. The number of anilines is 1. The molecule has 8 nitrogen and oxygen atoms in total. The number of alkyl halides is 3. The summed E-state index contributed by atoms with van der Waals surface area (Å²) in [4.78, 5) is 8.52. The quantitative estimate of drug-likeness (QED) is 0.699. The van der Waals surface area contributed by atoms with E-state index in [2.05, 4.69) is 47.1 Å². The molecule has 0 amide bonds. The molecule has 0 spiro atoms. The maximum absolute atomic E-state index is 12.3. The first-order chi connectivity index (χ1) is 13.9. The topological polar surface area (TPSA) is 83.1 Å². The Kier molecular flexibility index (Phi) is 5.05. The first-order valence-electron chi connectivity index (χ1n) is 8.90. The van der Waals surface area contributed by atoms with Crippen LogP contribution in [0.4, 0.5) is 18.9 Å². The summed E-state index contributed by atoms with van der Waals surface area (Å²) in [6, 6.07) is 8.08. The monoisotopic (exact) mass is 405 g/mol. The Morgan fingerprint density at radius 2 is 2.00 bits per heavy atom. The standard InChI is InChI=1S/C18H18F3N7O/c1-12-9-28(14-2-4-15(5-3-14)29-18(19,20)21)11-27(12)10-13-6-7-22-8-16(13)17-23-25-26-24-17/h2-8,12H,9-11H2,1H3,(H,23,24,25,26). The van der Waals surface area contributed by atoms with Gasteiger partial charge in [-0.05, 0) is 48.0 Å². The lowest BCUT2D eigenvalue weighted by atomic mass is 10.1. The third-order valence-corrected chi connectivity index (χ3v) is 4.77. The molecule has 1 unspecified atom stereocenters. The molecule has 0 aliphatic carbocycles. The predicted molar refractivity (Wildman–Crippen MR) is 97.8 cm³/mol. The third-order valence-electron chi connectivity index (χ3n) is 4.77. The molecule has 1 fully saturated rings. The molecule has 3 aromatic rings. The van der Waals surface area contributed by atoms with Gasteiger partial charge in [0, 0.05) is 42.8 Å². The molecule has 1 aliphatic heterocycles. The highest BCUT2D eigenvalue weighted by molar-refractivity contribution is 5.57. The highest BCUT2D eigenvalue weighted by Gasteiger charge is 2.31. The van der Waals surface area contributed by atoms with Gasteiger partial charge in [0.25, 0.3) is 0 Å². The Morgan fingerprint density at radius 3 is 2.69 bits per heavy atom. The molecular formula is C18H18F3N7O. The Balaban J connectivity index is 1.46. The van der Waals surface area contributed by atoms with Crippen molar-refractivity contribution in [2.45, 2.75) is 25.9 Å². The summed E-state index contributed by atoms with van der Waals surface area (Å²) in [5.41, 5.74) is 2.66. The van der Waals surface area contributed by atoms with Crippen molar-refractivity contribution in [1.82, 2.24) is 30.5 Å². The number of aromatic amines is 1. The fourth-order valence-corrected chi connectivity index (χ4v) is 3.36. The number of pyridine rings is 1. The number of nitrogens with zero attached hydrogens (tertiary/aromatic N) is 6. The van der Waals surface area contributed by atoms with Gasteiger partial charge in [0.15, 0.2) is 0 Å². The summed E-state index contributed by atoms with van der Waals surface area (Å²) in [6.07, 6.45) is -1.27. The van der Waals surface area contributed by atoms with Crippen molar-refractivity contribution in [2.24, 2.45) is 0 Å². The van der Waals surface area contributed by atoms with E-state index in [1.54, 1.807) is 24.5 Å². The molecule has 3 heterocycles. The van der Waals surface area contributed by atoms with E-state index in [1.165, 1.54) is 12.1 Å². The van der Waals surface area contributed by atoms with E-state index in [1.807, 2.05) is 6.07 Å². The normalized spacial score (nSPS) is 17.7. The van der Waals surface area contributed by atoms with Crippen LogP contribution < -0.4 is 9.64 Å². The van der Waals surface area contributed by atoms with Gasteiger partial charge >= 0.3 is 6.36 Å². The van der Waals surface area contributed by atoms with Crippen LogP contribution in [-0.4, -0.2) is 56.1 Å². The zero-order valence-corrected chi connectivity index (χ0v) is 15.5. The van der Waals surface area contributed by atoms with Crippen molar-refractivity contribution in [3.63, 3.8) is 0 Å². The van der Waals surface area contributed by atoms with E-state index in [0.29, 0.717) is 19.0 Å². The maximum atomic E-state index is 12.3. The number of rotatable bonds is 5. The molecule has 152 valence electrons. The van der Waals surface area contributed by atoms with E-state index in [4.69, 9.17) is 0 Å². The van der Waals surface area contributed by atoms with Crippen molar-refractivity contribution in [3.8, 4) is 17.1 Å². The fourth-order valence-electron chi connectivity index (χ4n) is 3.36. The number of H-pyrrole nitrogens is 1. The van der Waals surface area contributed by atoms with Crippen LogP contribution in [0.3, 0.4) is 0 Å². The second kappa shape index (κ2) is 7.66. The molecule has 4 rings (SSSR count). The lowest BCUT2D eigenvalue weighted by Crippen LogP contribution is -2.28. The van der Waals surface area contributed by atoms with E-state index in [-0.39, 0.29) is 11.8 Å². The zero-order chi connectivity index (χ0) is 20.4. The number of tetrazole rings is 1. The van der Waals surface area contributed by atoms with Crippen LogP contribution in [0.15, 0.2) is 42.7 Å². The Morgan fingerprint density at radius 1 is 1.21 bits per heavy atom. The summed E-state index contributed by atoms with van der Waals surface area (Å²) in [5.74, 6) is 0.254. The van der Waals surface area contributed by atoms with E-state index >= 15 is 0 Å². The van der Waals surface area contributed by atoms with Crippen LogP contribution in [-0.2, 0) is 6.54 Å². The molecule has 2 aromatic heterocycles. The minimum Gasteiger partial charge on any atom is -0.406 e. The number of nitrogens with one attached hydrogen (secondary N) is 1. The number of hydrogen-bond acceptors (Lipinski definition) is 7. The zero-order valence-electron chi connectivity index (χ0n) is 15.5. The average molecular weight is 405 g/mol. The van der Waals surface area contributed by atoms with Crippen molar-refractivity contribution < 1.29 is 17.9 Å². The van der Waals surface area contributed by atoms with Crippen LogP contribution in [0.25, 0.3) is 11.4 Å². The summed E-state index contributed by atoms with van der Waals surface area (Å²) < 4.78 is 40.9. The number of benzene rings is 1. The number of aromatic nitrogens is 5. The minimum absolute atomic E-state index is 0.230. The Labute approximate surface area is 164 Å². The molecule has 1 saturated heterocycles. The van der Waals surface area contributed by atoms with Crippen molar-refractivity contribution >= 4 is 5.69 Å². The molecule has 1 atom stereocenters. The SMILES string of the molecule is CC1CN(c2ccc(OC(F)(F)F)cc2)CN1Cc1ccncc1-c1nn[nH]n1. The number of ether oxygens (including phenoxy) is 1. The smallest absolute Gasteiger partial charge is 0.406 e. The number of halogens is 3. The van der Waals surface area contributed by atoms with Crippen molar-refractivity contribution in [1.29, 1.82) is 0 Å². The van der Waals surface area contributed by atoms with Gasteiger partial charge in [0.2, 0.25) is 5.82 Å². The molecular weight excluding hydrogens is 387 g/mol. The van der Waals surface area contributed by atoms with Gasteiger partial charge in [-0.2, -0.15) is 5.21 Å². The van der Waals surface area contributed by atoms with Gasteiger partial charge in [-0.1, -0.05) is 0 Å². The molecule has 1 aromatic carbocycles. The van der Waals surface area contributed by atoms with Gasteiger partial charge < -0.3 is 9.64 Å². The second-order valence-electron chi connectivity index (χ2n) is 6.77. The molecule has 0 bridgehead atoms. The molecule has 0 radical (unpaired) electrons. The van der Waals surface area contributed by atoms with Gasteiger partial charge in [-0.15, -0.1) is 23.4 Å². The minimum atomic E-state index is -4.69. The van der Waals surface area contributed by atoms with E-state index < -0.39 is 6.36 Å². The third kappa shape index (κ3) is 4.45. The van der Waals surface area contributed by atoms with Crippen LogP contribution in [0.5, 0.6) is 5.75 Å². The molecule has 0 saturated carbocycles. The van der Waals surface area contributed by atoms with Crippen molar-refractivity contribution in [2.75, 3.05) is 18.1 Å². The van der Waals surface area contributed by atoms with E-state index in [9.17, 15) is 13.2 Å². The first-order valence-corrected chi connectivity index (χ1v) is 8.90. The maximum Gasteiger partial charge on any atom is 0.573 e. The highest BCUT2D eigenvalue weighted by atomic mass is 19.4. The largest absolute Gasteiger partial charge is 0.573 e. The Hall–Kier alpha value is -3.21. The molecule has 29 heavy (non-hydrogen) atoms. The van der Waals surface area contributed by atoms with Crippen LogP contribution in [0.2, 0.25) is 0 Å². The van der Waals surface area contributed by atoms with Gasteiger partial charge in [-0.25, -0.2) is 0 Å². The fraction of sp³-hybridized carbons (Fsp3) is 0.333. The van der Waals surface area contributed by atoms with Gasteiger partial charge in [0.05, 0.1) is 6.67 Å². The van der Waals surface area contributed by atoms with E-state index in [0.717, 1.165) is 23.4 Å². The lowest BCUT2D eigenvalue weighted by Gasteiger charge is -2.22. The molecule has 11 heteroatoms. The van der Waals surface area contributed by atoms with Crippen LogP contribution >= 0.6 is 0 Å². The van der Waals surface area contributed by atoms with Crippen molar-refractivity contribution in [3.05, 3.63) is 48.3 Å². The summed E-state index contributed by atoms with van der Waals surface area (Å²) in [7, 11) is 0. The van der Waals surface area contributed by atoms with Gasteiger partial charge in [0.1, 0.15) is 5.75 Å². The summed E-state index contributed by atoms with van der Waals surface area (Å²) in [6.45, 7) is 4.15.